The van der Waals surface area contributed by atoms with Gasteiger partial charge in [0.25, 0.3) is 10.2 Å². The molecule has 0 aliphatic rings. The van der Waals surface area contributed by atoms with Crippen molar-refractivity contribution in [3.63, 3.8) is 0 Å². The predicted octanol–water partition coefficient (Wildman–Crippen LogP) is 1.42. The molecule has 0 atom stereocenters. The van der Waals surface area contributed by atoms with E-state index in [-0.39, 0.29) is 0 Å². The van der Waals surface area contributed by atoms with Crippen LogP contribution in [0.4, 0.5) is 0 Å². The minimum Gasteiger partial charge on any atom is -0.257 e. The highest BCUT2D eigenvalue weighted by atomic mass is 32.2. The summed E-state index contributed by atoms with van der Waals surface area (Å²) in [6.45, 7) is 2.67. The molecule has 4 N–H and O–H groups in total. The van der Waals surface area contributed by atoms with E-state index in [1.807, 2.05) is 0 Å². The molecule has 0 rings (SSSR count). The van der Waals surface area contributed by atoms with Crippen LogP contribution in [0.25, 0.3) is 0 Å². The Morgan fingerprint density at radius 3 is 1.94 bits per heavy atom. The number of hydrogen-bond donors (Lipinski definition) is 3. The highest BCUT2D eigenvalue weighted by Crippen LogP contribution is 2.07. The maximum Gasteiger partial charge on any atom is 0.289 e. The number of hydrazine groups is 1. The molecule has 16 heavy (non-hydrogen) atoms. The summed E-state index contributed by atoms with van der Waals surface area (Å²) < 4.78 is 24.1. The van der Waals surface area contributed by atoms with Crippen LogP contribution in [-0.2, 0) is 10.2 Å². The topological polar surface area (TPSA) is 84.2 Å². The lowest BCUT2D eigenvalue weighted by atomic mass is 10.1. The summed E-state index contributed by atoms with van der Waals surface area (Å²) in [4.78, 5) is 1.73. The van der Waals surface area contributed by atoms with E-state index in [4.69, 9.17) is 5.84 Å². The van der Waals surface area contributed by atoms with E-state index < -0.39 is 10.2 Å². The van der Waals surface area contributed by atoms with E-state index in [0.717, 1.165) is 12.8 Å². The van der Waals surface area contributed by atoms with Gasteiger partial charge in [-0.1, -0.05) is 51.9 Å². The predicted molar refractivity (Wildman–Crippen MR) is 66.9 cm³/mol. The third-order valence-corrected chi connectivity index (χ3v) is 3.37. The van der Waals surface area contributed by atoms with Gasteiger partial charge in [0.1, 0.15) is 0 Å². The number of nitrogens with one attached hydrogen (secondary N) is 2. The molecule has 0 radical (unpaired) electrons. The summed E-state index contributed by atoms with van der Waals surface area (Å²) in [5.41, 5.74) is 0. The first-order chi connectivity index (χ1) is 7.62. The Labute approximate surface area is 99.3 Å². The highest BCUT2D eigenvalue weighted by molar-refractivity contribution is 7.87. The second-order valence-electron chi connectivity index (χ2n) is 3.99. The summed E-state index contributed by atoms with van der Waals surface area (Å²) in [5.74, 6) is 4.81. The SMILES string of the molecule is CCCCCCCCCCNS(=O)(=O)NN. The average Bonchev–Trinajstić information content (AvgIpc) is 2.27. The van der Waals surface area contributed by atoms with Crippen molar-refractivity contribution in [3.8, 4) is 0 Å². The molecule has 0 amide bonds. The maximum absolute atomic E-state index is 10.9. The summed E-state index contributed by atoms with van der Waals surface area (Å²) in [6.07, 6.45) is 9.58. The molecule has 6 heteroatoms. The molecule has 0 aromatic carbocycles. The molecule has 0 aromatic heterocycles. The van der Waals surface area contributed by atoms with Crippen LogP contribution in [0.5, 0.6) is 0 Å². The van der Waals surface area contributed by atoms with Crippen molar-refractivity contribution < 1.29 is 8.42 Å². The lowest BCUT2D eigenvalue weighted by Gasteiger charge is -2.04. The minimum atomic E-state index is -3.45. The monoisotopic (exact) mass is 251 g/mol. The van der Waals surface area contributed by atoms with Crippen molar-refractivity contribution in [2.24, 2.45) is 5.84 Å². The molecule has 0 unspecified atom stereocenters. The smallest absolute Gasteiger partial charge is 0.257 e. The first kappa shape index (κ1) is 15.8. The molecule has 0 heterocycles. The highest BCUT2D eigenvalue weighted by Gasteiger charge is 2.03. The zero-order valence-electron chi connectivity index (χ0n) is 10.2. The van der Waals surface area contributed by atoms with Crippen molar-refractivity contribution in [3.05, 3.63) is 0 Å². The molecular weight excluding hydrogens is 226 g/mol. The lowest BCUT2D eigenvalue weighted by Crippen LogP contribution is -2.41. The van der Waals surface area contributed by atoms with Crippen molar-refractivity contribution in [1.29, 1.82) is 0 Å². The van der Waals surface area contributed by atoms with Crippen LogP contribution in [0.2, 0.25) is 0 Å². The van der Waals surface area contributed by atoms with Crippen LogP contribution in [0.3, 0.4) is 0 Å². The molecule has 0 bridgehead atoms. The fourth-order valence-electron chi connectivity index (χ4n) is 1.51. The van der Waals surface area contributed by atoms with Crippen molar-refractivity contribution in [1.82, 2.24) is 9.55 Å². The molecular formula is C10H25N3O2S. The van der Waals surface area contributed by atoms with Gasteiger partial charge >= 0.3 is 0 Å². The summed E-state index contributed by atoms with van der Waals surface area (Å²) in [6, 6.07) is 0. The Kier molecular flexibility index (Phi) is 9.91. The van der Waals surface area contributed by atoms with Crippen molar-refractivity contribution in [2.75, 3.05) is 6.54 Å². The van der Waals surface area contributed by atoms with Gasteiger partial charge in [-0.05, 0) is 6.42 Å². The molecule has 0 saturated carbocycles. The number of rotatable bonds is 11. The van der Waals surface area contributed by atoms with Crippen LogP contribution < -0.4 is 15.4 Å². The van der Waals surface area contributed by atoms with Crippen LogP contribution in [0, 0.1) is 0 Å². The normalized spacial score (nSPS) is 11.9. The largest absolute Gasteiger partial charge is 0.289 e. The quantitative estimate of drug-likeness (QED) is 0.295. The van der Waals surface area contributed by atoms with Crippen molar-refractivity contribution >= 4 is 10.2 Å². The molecule has 0 saturated heterocycles. The number of hydrogen-bond acceptors (Lipinski definition) is 3. The minimum absolute atomic E-state index is 0.460. The fraction of sp³-hybridized carbons (Fsp3) is 1.00. The number of nitrogens with two attached hydrogens (primary N) is 1. The van der Waals surface area contributed by atoms with Crippen LogP contribution in [0.15, 0.2) is 0 Å². The average molecular weight is 251 g/mol. The molecule has 0 aromatic rings. The van der Waals surface area contributed by atoms with Crippen LogP contribution >= 0.6 is 0 Å². The van der Waals surface area contributed by atoms with E-state index in [9.17, 15) is 8.42 Å². The zero-order chi connectivity index (χ0) is 12.3. The standard InChI is InChI=1S/C10H25N3O2S/c1-2-3-4-5-6-7-8-9-10-12-16(14,15)13-11/h12-13H,2-11H2,1H3. The van der Waals surface area contributed by atoms with Gasteiger partial charge in [-0.3, -0.25) is 5.84 Å². The zero-order valence-corrected chi connectivity index (χ0v) is 11.0. The summed E-state index contributed by atoms with van der Waals surface area (Å²) >= 11 is 0. The third kappa shape index (κ3) is 10.4. The summed E-state index contributed by atoms with van der Waals surface area (Å²) in [7, 11) is -3.45. The van der Waals surface area contributed by atoms with Gasteiger partial charge in [-0.15, -0.1) is 4.83 Å². The Hall–Kier alpha value is -0.170. The van der Waals surface area contributed by atoms with Gasteiger partial charge < -0.3 is 0 Å². The van der Waals surface area contributed by atoms with E-state index >= 15 is 0 Å². The van der Waals surface area contributed by atoms with Crippen LogP contribution in [0.1, 0.15) is 58.3 Å². The van der Waals surface area contributed by atoms with E-state index in [1.54, 1.807) is 4.83 Å². The summed E-state index contributed by atoms with van der Waals surface area (Å²) in [5, 5.41) is 0. The van der Waals surface area contributed by atoms with Crippen molar-refractivity contribution in [2.45, 2.75) is 58.3 Å². The Morgan fingerprint density at radius 2 is 1.44 bits per heavy atom. The lowest BCUT2D eigenvalue weighted by molar-refractivity contribution is 0.552. The molecule has 0 spiro atoms. The van der Waals surface area contributed by atoms with Gasteiger partial charge in [0.15, 0.2) is 0 Å². The van der Waals surface area contributed by atoms with Gasteiger partial charge in [0.05, 0.1) is 0 Å². The molecule has 0 fully saturated rings. The van der Waals surface area contributed by atoms with Gasteiger partial charge in [0.2, 0.25) is 0 Å². The fourth-order valence-corrected chi connectivity index (χ4v) is 2.00. The van der Waals surface area contributed by atoms with Gasteiger partial charge in [-0.25, -0.2) is 4.72 Å². The van der Waals surface area contributed by atoms with Gasteiger partial charge in [-0.2, -0.15) is 8.42 Å². The van der Waals surface area contributed by atoms with E-state index in [0.29, 0.717) is 6.54 Å². The Balaban J connectivity index is 3.16. The van der Waals surface area contributed by atoms with E-state index in [1.165, 1.54) is 38.5 Å². The number of unbranched alkanes of at least 4 members (excludes halogenated alkanes) is 7. The maximum atomic E-state index is 10.9. The van der Waals surface area contributed by atoms with E-state index in [2.05, 4.69) is 11.6 Å². The molecule has 98 valence electrons. The Morgan fingerprint density at radius 1 is 0.938 bits per heavy atom. The second-order valence-corrected chi connectivity index (χ2v) is 5.52. The van der Waals surface area contributed by atoms with Crippen LogP contribution in [-0.4, -0.2) is 15.0 Å². The molecule has 0 aliphatic heterocycles. The first-order valence-electron chi connectivity index (χ1n) is 6.09. The Bertz CT molecular complexity index is 242. The molecule has 5 nitrogen and oxygen atoms in total. The third-order valence-electron chi connectivity index (χ3n) is 2.48. The molecule has 0 aliphatic carbocycles. The first-order valence-corrected chi connectivity index (χ1v) is 7.57. The van der Waals surface area contributed by atoms with Gasteiger partial charge in [0, 0.05) is 6.54 Å². The second kappa shape index (κ2) is 10.0.